The van der Waals surface area contributed by atoms with Gasteiger partial charge in [0.05, 0.1) is 18.0 Å². The van der Waals surface area contributed by atoms with E-state index in [1.54, 1.807) is 18.3 Å². The molecule has 1 aliphatic heterocycles. The Hall–Kier alpha value is -3.47. The van der Waals surface area contributed by atoms with Crippen LogP contribution in [0.1, 0.15) is 36.1 Å². The zero-order valence-electron chi connectivity index (χ0n) is 14.6. The maximum Gasteiger partial charge on any atom is 0.243 e. The van der Waals surface area contributed by atoms with Gasteiger partial charge in [0.2, 0.25) is 11.8 Å². The number of halogens is 1. The largest absolute Gasteiger partial charge is 0.422 e. The van der Waals surface area contributed by atoms with Gasteiger partial charge in [0.25, 0.3) is 0 Å². The van der Waals surface area contributed by atoms with Crippen molar-refractivity contribution in [1.82, 2.24) is 20.4 Å². The van der Waals surface area contributed by atoms with Crippen LogP contribution in [-0.4, -0.2) is 26.3 Å². The van der Waals surface area contributed by atoms with Crippen molar-refractivity contribution in [2.45, 2.75) is 25.7 Å². The molecule has 1 aromatic carbocycles. The summed E-state index contributed by atoms with van der Waals surface area (Å²) in [6, 6.07) is 8.24. The highest BCUT2D eigenvalue weighted by Crippen LogP contribution is 2.45. The lowest BCUT2D eigenvalue weighted by Gasteiger charge is -2.28. The Kier molecular flexibility index (Phi) is 4.20. The second-order valence-electron chi connectivity index (χ2n) is 6.43. The van der Waals surface area contributed by atoms with Crippen LogP contribution in [0.2, 0.25) is 0 Å². The van der Waals surface area contributed by atoms with Crippen molar-refractivity contribution >= 4 is 5.90 Å². The fourth-order valence-electron chi connectivity index (χ4n) is 3.54. The maximum atomic E-state index is 13.3. The topological polar surface area (TPSA) is 114 Å². The minimum atomic E-state index is -0.803. The van der Waals surface area contributed by atoms with Gasteiger partial charge in [-0.25, -0.2) is 4.39 Å². The lowest BCUT2D eigenvalue weighted by molar-refractivity contribution is 0.436. The van der Waals surface area contributed by atoms with Gasteiger partial charge >= 0.3 is 0 Å². The maximum absolute atomic E-state index is 13.3. The van der Waals surface area contributed by atoms with Crippen LogP contribution in [0.15, 0.2) is 30.5 Å². The van der Waals surface area contributed by atoms with Crippen molar-refractivity contribution in [1.29, 1.82) is 10.7 Å². The number of fused-ring (bicyclic) bond motifs is 1. The summed E-state index contributed by atoms with van der Waals surface area (Å²) in [5, 5.41) is 32.1. The summed E-state index contributed by atoms with van der Waals surface area (Å²) in [4.78, 5) is 0. The number of ether oxygens (including phenoxy) is 1. The quantitative estimate of drug-likeness (QED) is 0.657. The molecule has 3 aromatic rings. The van der Waals surface area contributed by atoms with E-state index in [1.807, 2.05) is 0 Å². The summed E-state index contributed by atoms with van der Waals surface area (Å²) in [6.07, 6.45) is 3.29. The van der Waals surface area contributed by atoms with E-state index < -0.39 is 11.8 Å². The number of hydrogen-bond acceptors (Lipinski definition) is 5. The van der Waals surface area contributed by atoms with E-state index >= 15 is 0 Å². The third-order valence-corrected chi connectivity index (χ3v) is 4.76. The number of H-pyrrole nitrogens is 2. The van der Waals surface area contributed by atoms with E-state index in [1.165, 1.54) is 12.1 Å². The molecule has 2 atom stereocenters. The number of rotatable bonds is 4. The number of nitriles is 1. The van der Waals surface area contributed by atoms with Crippen LogP contribution in [0.5, 0.6) is 5.88 Å². The first-order valence-electron chi connectivity index (χ1n) is 8.66. The molecule has 136 valence electrons. The number of aromatic nitrogens is 4. The molecule has 27 heavy (non-hydrogen) atoms. The molecule has 2 unspecified atom stereocenters. The van der Waals surface area contributed by atoms with E-state index in [2.05, 4.69) is 33.4 Å². The van der Waals surface area contributed by atoms with Gasteiger partial charge in [-0.2, -0.15) is 10.4 Å². The summed E-state index contributed by atoms with van der Waals surface area (Å²) in [6.45, 7) is 2.05. The van der Waals surface area contributed by atoms with Gasteiger partial charge in [-0.05, 0) is 30.7 Å². The highest BCUT2D eigenvalue weighted by atomic mass is 19.1. The molecule has 0 bridgehead atoms. The number of aromatic amines is 2. The fraction of sp³-hybridized carbons (Fsp3) is 0.263. The smallest absolute Gasteiger partial charge is 0.243 e. The predicted octanol–water partition coefficient (Wildman–Crippen LogP) is 3.53. The third kappa shape index (κ3) is 2.77. The Morgan fingerprint density at radius 1 is 1.30 bits per heavy atom. The van der Waals surface area contributed by atoms with Crippen molar-refractivity contribution in [2.24, 2.45) is 5.92 Å². The molecule has 8 heteroatoms. The van der Waals surface area contributed by atoms with E-state index in [0.717, 1.165) is 35.2 Å². The number of benzene rings is 1. The molecule has 0 saturated heterocycles. The van der Waals surface area contributed by atoms with Crippen molar-refractivity contribution in [3.8, 4) is 23.2 Å². The van der Waals surface area contributed by atoms with E-state index in [4.69, 9.17) is 10.1 Å². The van der Waals surface area contributed by atoms with Gasteiger partial charge in [-0.3, -0.25) is 15.6 Å². The first kappa shape index (κ1) is 17.0. The fourth-order valence-corrected chi connectivity index (χ4v) is 3.54. The molecule has 0 spiro atoms. The summed E-state index contributed by atoms with van der Waals surface area (Å²) in [5.41, 5.74) is 3.85. The Morgan fingerprint density at radius 2 is 2.07 bits per heavy atom. The molecule has 1 aliphatic rings. The molecule has 3 heterocycles. The molecule has 0 fully saturated rings. The van der Waals surface area contributed by atoms with Crippen molar-refractivity contribution < 1.29 is 9.13 Å². The van der Waals surface area contributed by atoms with Crippen LogP contribution >= 0.6 is 0 Å². The zero-order chi connectivity index (χ0) is 19.0. The molecule has 0 amide bonds. The predicted molar refractivity (Wildman–Crippen MR) is 95.9 cm³/mol. The Balaban J connectivity index is 1.89. The summed E-state index contributed by atoms with van der Waals surface area (Å²) < 4.78 is 18.8. The monoisotopic (exact) mass is 364 g/mol. The van der Waals surface area contributed by atoms with Crippen LogP contribution < -0.4 is 4.74 Å². The van der Waals surface area contributed by atoms with Crippen molar-refractivity contribution in [3.63, 3.8) is 0 Å². The minimum absolute atomic E-state index is 0.143. The Labute approximate surface area is 154 Å². The third-order valence-electron chi connectivity index (χ3n) is 4.76. The lowest BCUT2D eigenvalue weighted by atomic mass is 9.78. The van der Waals surface area contributed by atoms with Crippen LogP contribution in [0.3, 0.4) is 0 Å². The van der Waals surface area contributed by atoms with Gasteiger partial charge in [0.1, 0.15) is 11.7 Å². The van der Waals surface area contributed by atoms with Crippen LogP contribution in [-0.2, 0) is 6.42 Å². The van der Waals surface area contributed by atoms with E-state index in [-0.39, 0.29) is 11.7 Å². The number of aryl methyl sites for hydroxylation is 1. The van der Waals surface area contributed by atoms with E-state index in [9.17, 15) is 9.65 Å². The molecular formula is C19H17FN6O. The normalized spacial score (nSPS) is 18.6. The van der Waals surface area contributed by atoms with Gasteiger partial charge in [-0.1, -0.05) is 13.3 Å². The molecule has 4 rings (SSSR count). The summed E-state index contributed by atoms with van der Waals surface area (Å²) in [5.74, 6) is -1.40. The molecular weight excluding hydrogens is 347 g/mol. The van der Waals surface area contributed by atoms with Crippen LogP contribution in [0.4, 0.5) is 4.39 Å². The van der Waals surface area contributed by atoms with Gasteiger partial charge < -0.3 is 4.74 Å². The zero-order valence-corrected chi connectivity index (χ0v) is 14.6. The molecule has 3 N–H and O–H groups in total. The van der Waals surface area contributed by atoms with Gasteiger partial charge in [0.15, 0.2) is 0 Å². The van der Waals surface area contributed by atoms with Crippen LogP contribution in [0, 0.1) is 28.5 Å². The highest BCUT2D eigenvalue weighted by molar-refractivity contribution is 5.85. The first-order valence-corrected chi connectivity index (χ1v) is 8.66. The molecule has 0 aliphatic carbocycles. The summed E-state index contributed by atoms with van der Waals surface area (Å²) in [7, 11) is 0. The van der Waals surface area contributed by atoms with E-state index in [0.29, 0.717) is 11.6 Å². The van der Waals surface area contributed by atoms with Gasteiger partial charge in [-0.15, -0.1) is 5.10 Å². The number of hydrogen-bond donors (Lipinski definition) is 3. The SMILES string of the molecule is CCCc1[nH]nc2c1C(c1cn[nH]c1-c1ccc(F)cc1)C(C#N)C(=N)O2. The Bertz CT molecular complexity index is 1030. The van der Waals surface area contributed by atoms with Crippen molar-refractivity contribution in [3.05, 3.63) is 53.1 Å². The van der Waals surface area contributed by atoms with Crippen LogP contribution in [0.25, 0.3) is 11.3 Å². The number of nitrogens with one attached hydrogen (secondary N) is 3. The number of nitrogens with zero attached hydrogens (tertiary/aromatic N) is 3. The molecule has 0 radical (unpaired) electrons. The van der Waals surface area contributed by atoms with Gasteiger partial charge in [0, 0.05) is 28.3 Å². The lowest BCUT2D eigenvalue weighted by Crippen LogP contribution is -2.31. The molecule has 7 nitrogen and oxygen atoms in total. The second-order valence-corrected chi connectivity index (χ2v) is 6.43. The standard InChI is InChI=1S/C19H17FN6O/c1-2-3-14-16-15(12(8-21)18(22)27-19(16)26-24-14)13-9-23-25-17(13)10-4-6-11(20)7-5-10/h4-7,9,12,15,22H,2-3H2,1H3,(H,23,25)(H,24,26). The highest BCUT2D eigenvalue weighted by Gasteiger charge is 2.41. The second kappa shape index (κ2) is 6.68. The molecule has 2 aromatic heterocycles. The average Bonchev–Trinajstić information content (AvgIpc) is 3.29. The minimum Gasteiger partial charge on any atom is -0.422 e. The molecule has 0 saturated carbocycles. The Morgan fingerprint density at radius 3 is 2.78 bits per heavy atom. The van der Waals surface area contributed by atoms with Crippen molar-refractivity contribution in [2.75, 3.05) is 0 Å². The first-order chi connectivity index (χ1) is 13.1. The summed E-state index contributed by atoms with van der Waals surface area (Å²) >= 11 is 0. The average molecular weight is 364 g/mol.